The van der Waals surface area contributed by atoms with Crippen LogP contribution in [-0.4, -0.2) is 117 Å². The number of benzene rings is 1. The number of fused-ring (bicyclic) bond motifs is 1. The summed E-state index contributed by atoms with van der Waals surface area (Å²) in [7, 11) is 47.4. The fraction of sp³-hybridized carbons (Fsp3) is 0.263. The number of carbonyl (C=O) groups is 1. The molecule has 16 radical (unpaired) electrons. The Morgan fingerprint density at radius 3 is 2.24 bits per heavy atom. The predicted octanol–water partition coefficient (Wildman–Crippen LogP) is -2.07. The van der Waals surface area contributed by atoms with Crippen LogP contribution in [0.5, 0.6) is 0 Å². The van der Waals surface area contributed by atoms with Gasteiger partial charge in [-0.25, -0.2) is 9.97 Å². The zero-order chi connectivity index (χ0) is 24.9. The molecule has 1 amide bonds. The number of morpholine rings is 1. The number of anilines is 1. The summed E-state index contributed by atoms with van der Waals surface area (Å²) in [5.74, 6) is -0.691. The maximum absolute atomic E-state index is 12.8. The summed E-state index contributed by atoms with van der Waals surface area (Å²) in [6.45, 7) is -0.618. The molecule has 34 heavy (non-hydrogen) atoms. The average molecular weight is 428 g/mol. The average Bonchev–Trinajstić information content (AvgIpc) is 2.75. The number of pyridine rings is 1. The first-order chi connectivity index (χ1) is 15.7. The third-order valence-corrected chi connectivity index (χ3v) is 5.61. The van der Waals surface area contributed by atoms with E-state index in [4.69, 9.17) is 67.5 Å². The first kappa shape index (κ1) is 24.7. The Morgan fingerprint density at radius 2 is 1.62 bits per heavy atom. The molecule has 15 heteroatoms. The number of carbonyl (C=O) groups excluding carboxylic acids is 1. The molecular formula is C19H11B8N5O2. The maximum Gasteiger partial charge on any atom is 0.240 e. The Hall–Kier alpha value is -2.38. The van der Waals surface area contributed by atoms with Gasteiger partial charge < -0.3 is 9.64 Å². The summed E-state index contributed by atoms with van der Waals surface area (Å²) in [6, 6.07) is 9.36. The molecule has 1 aromatic carbocycles. The van der Waals surface area contributed by atoms with Crippen LogP contribution in [0, 0.1) is 0 Å². The molecule has 0 unspecified atom stereocenters. The first-order valence-electron chi connectivity index (χ1n) is 10.0. The van der Waals surface area contributed by atoms with E-state index >= 15 is 0 Å². The minimum Gasteiger partial charge on any atom is -0.406 e. The van der Waals surface area contributed by atoms with Crippen molar-refractivity contribution in [2.45, 2.75) is 21.5 Å². The maximum atomic E-state index is 12.8. The molecule has 0 atom stereocenters. The Balaban J connectivity index is 1.59. The highest BCUT2D eigenvalue weighted by molar-refractivity contribution is 6.59. The van der Waals surface area contributed by atoms with Crippen molar-refractivity contribution in [1.29, 1.82) is 0 Å². The molecule has 148 valence electrons. The van der Waals surface area contributed by atoms with E-state index in [1.807, 2.05) is 30.3 Å². The zero-order valence-electron chi connectivity index (χ0n) is 18.1. The Bertz CT molecular complexity index is 1220. The van der Waals surface area contributed by atoms with Gasteiger partial charge in [0.05, 0.1) is 74.8 Å². The second-order valence-corrected chi connectivity index (χ2v) is 8.18. The molecule has 1 aliphatic rings. The van der Waals surface area contributed by atoms with Crippen LogP contribution in [0.25, 0.3) is 22.0 Å². The fourth-order valence-corrected chi connectivity index (χ4v) is 3.54. The van der Waals surface area contributed by atoms with Crippen molar-refractivity contribution in [3.05, 3.63) is 48.9 Å². The third kappa shape index (κ3) is 4.24. The van der Waals surface area contributed by atoms with Crippen molar-refractivity contribution in [3.8, 4) is 11.1 Å². The topological polar surface area (TPSA) is 80.2 Å². The predicted molar refractivity (Wildman–Crippen MR) is 136 cm³/mol. The van der Waals surface area contributed by atoms with E-state index in [0.717, 1.165) is 21.4 Å². The van der Waals surface area contributed by atoms with E-state index in [1.54, 1.807) is 18.6 Å². The Kier molecular flexibility index (Phi) is 6.10. The number of nitrogens with one attached hydrogen (secondary N) is 1. The van der Waals surface area contributed by atoms with Gasteiger partial charge >= 0.3 is 0 Å². The lowest BCUT2D eigenvalue weighted by molar-refractivity contribution is -0.131. The van der Waals surface area contributed by atoms with E-state index in [1.165, 1.54) is 0 Å². The highest BCUT2D eigenvalue weighted by atomic mass is 16.5. The molecule has 1 aliphatic heterocycles. The smallest absolute Gasteiger partial charge is 0.240 e. The molecule has 0 bridgehead atoms. The van der Waals surface area contributed by atoms with Crippen LogP contribution < -0.4 is 5.32 Å². The van der Waals surface area contributed by atoms with Gasteiger partial charge in [-0.2, -0.15) is 0 Å². The van der Waals surface area contributed by atoms with Crippen LogP contribution in [0.4, 0.5) is 5.95 Å². The summed E-state index contributed by atoms with van der Waals surface area (Å²) >= 11 is 0. The molecule has 1 saturated heterocycles. The summed E-state index contributed by atoms with van der Waals surface area (Å²) < 4.78 is 5.13. The van der Waals surface area contributed by atoms with Crippen molar-refractivity contribution in [3.63, 3.8) is 0 Å². The molecule has 7 nitrogen and oxygen atoms in total. The largest absolute Gasteiger partial charge is 0.406 e. The minimum atomic E-state index is -2.30. The Labute approximate surface area is 208 Å². The number of rotatable bonds is 4. The van der Waals surface area contributed by atoms with E-state index in [-0.39, 0.29) is 5.95 Å². The minimum absolute atomic E-state index is 0.00639. The molecule has 0 spiro atoms. The van der Waals surface area contributed by atoms with Gasteiger partial charge in [-0.3, -0.25) is 15.1 Å². The molecule has 4 rings (SSSR count). The lowest BCUT2D eigenvalue weighted by atomic mass is 9.30. The Morgan fingerprint density at radius 1 is 0.941 bits per heavy atom. The number of hydrogen-bond acceptors (Lipinski definition) is 6. The van der Waals surface area contributed by atoms with Gasteiger partial charge in [0.1, 0.15) is 0 Å². The van der Waals surface area contributed by atoms with Crippen LogP contribution in [0.15, 0.2) is 48.9 Å². The van der Waals surface area contributed by atoms with E-state index in [2.05, 4.69) is 20.3 Å². The summed E-state index contributed by atoms with van der Waals surface area (Å²) in [5.41, 5.74) is 2.38. The third-order valence-electron chi connectivity index (χ3n) is 5.61. The van der Waals surface area contributed by atoms with Crippen molar-refractivity contribution in [2.24, 2.45) is 0 Å². The van der Waals surface area contributed by atoms with Crippen LogP contribution >= 0.6 is 0 Å². The molecule has 2 aromatic heterocycles. The highest BCUT2D eigenvalue weighted by Gasteiger charge is 2.57. The van der Waals surface area contributed by atoms with E-state index < -0.39 is 33.9 Å². The molecule has 1 N–H and O–H groups in total. The SMILES string of the molecule is [B]C1([B])OC([B])([B])C([B])([B])N(CC(=O)Nc2ncc3ccc(-c4cccnc4)cc3n2)C1([B])[B]. The number of hydrogen-bond donors (Lipinski definition) is 1. The van der Waals surface area contributed by atoms with E-state index in [9.17, 15) is 4.79 Å². The van der Waals surface area contributed by atoms with Crippen molar-refractivity contribution in [2.75, 3.05) is 11.9 Å². The number of aromatic nitrogens is 3. The van der Waals surface area contributed by atoms with Crippen LogP contribution in [-0.2, 0) is 9.53 Å². The van der Waals surface area contributed by atoms with E-state index in [0.29, 0.717) is 5.52 Å². The van der Waals surface area contributed by atoms with Gasteiger partial charge in [-0.1, -0.05) is 18.2 Å². The second-order valence-electron chi connectivity index (χ2n) is 8.18. The number of ether oxygens (including phenoxy) is 1. The van der Waals surface area contributed by atoms with Gasteiger partial charge in [0.2, 0.25) is 11.9 Å². The summed E-state index contributed by atoms with van der Waals surface area (Å²) in [4.78, 5) is 26.3. The van der Waals surface area contributed by atoms with Crippen molar-refractivity contribution < 1.29 is 9.53 Å². The van der Waals surface area contributed by atoms with Gasteiger partial charge in [-0.05, 0) is 39.2 Å². The lowest BCUT2D eigenvalue weighted by Gasteiger charge is -2.69. The van der Waals surface area contributed by atoms with Gasteiger partial charge in [-0.15, -0.1) is 0 Å². The second kappa shape index (κ2) is 8.38. The first-order valence-corrected chi connectivity index (χ1v) is 10.0. The van der Waals surface area contributed by atoms with Gasteiger partial charge in [0, 0.05) is 29.5 Å². The quantitative estimate of drug-likeness (QED) is 0.482. The number of amides is 1. The molecular weight excluding hydrogens is 417 g/mol. The van der Waals surface area contributed by atoms with Crippen molar-refractivity contribution >= 4 is 85.5 Å². The molecule has 0 aliphatic carbocycles. The monoisotopic (exact) mass is 429 g/mol. The zero-order valence-corrected chi connectivity index (χ0v) is 18.1. The van der Waals surface area contributed by atoms with Gasteiger partial charge in [0.25, 0.3) is 0 Å². The summed E-state index contributed by atoms with van der Waals surface area (Å²) in [6.07, 6.45) is 4.97. The lowest BCUT2D eigenvalue weighted by Crippen LogP contribution is -2.86. The normalized spacial score (nSPS) is 20.5. The molecule has 3 heterocycles. The van der Waals surface area contributed by atoms with Crippen LogP contribution in [0.1, 0.15) is 0 Å². The highest BCUT2D eigenvalue weighted by Crippen LogP contribution is 2.39. The van der Waals surface area contributed by atoms with Crippen molar-refractivity contribution in [1.82, 2.24) is 19.9 Å². The van der Waals surface area contributed by atoms with Crippen LogP contribution in [0.3, 0.4) is 0 Å². The summed E-state index contributed by atoms with van der Waals surface area (Å²) in [5, 5.41) is -5.79. The fourth-order valence-electron chi connectivity index (χ4n) is 3.54. The molecule has 0 saturated carbocycles. The molecule has 1 fully saturated rings. The van der Waals surface area contributed by atoms with Crippen LogP contribution in [0.2, 0.25) is 0 Å². The van der Waals surface area contributed by atoms with Gasteiger partial charge in [0.15, 0.2) is 0 Å². The standard InChI is InChI=1S/C19H11B8N5O2/c20-16(21)18(24,25)34-19(26,27)17(22,23)32(16)9-14(33)31-15-29-8-12-4-3-10(6-13(12)30-15)11-2-1-5-28-7-11/h1-8H,9H2,(H,29,30,31,33). The molecule has 3 aromatic rings. The number of nitrogens with zero attached hydrogens (tertiary/aromatic N) is 4.